The van der Waals surface area contributed by atoms with Crippen LogP contribution in [0.25, 0.3) is 11.0 Å². The van der Waals surface area contributed by atoms with E-state index in [0.29, 0.717) is 28.6 Å². The van der Waals surface area contributed by atoms with Crippen LogP contribution in [-0.2, 0) is 11.3 Å². The fourth-order valence-corrected chi connectivity index (χ4v) is 2.41. The maximum absolute atomic E-state index is 12.4. The predicted molar refractivity (Wildman–Crippen MR) is 96.5 cm³/mol. The van der Waals surface area contributed by atoms with Gasteiger partial charge in [-0.05, 0) is 17.7 Å². The van der Waals surface area contributed by atoms with Crippen molar-refractivity contribution < 1.29 is 19.1 Å². The Morgan fingerprint density at radius 1 is 1.22 bits per heavy atom. The molecule has 0 aliphatic carbocycles. The van der Waals surface area contributed by atoms with Gasteiger partial charge in [-0.2, -0.15) is 0 Å². The number of H-pyrrole nitrogens is 1. The van der Waals surface area contributed by atoms with Gasteiger partial charge in [-0.15, -0.1) is 0 Å². The average Bonchev–Trinajstić information content (AvgIpc) is 3.14. The standard InChI is InChI=1S/C18H17N5O4/c1-19-14(25)9-27-13-4-2-11(3-5-13)6-21-18(26)17-16-15(22-10-23-17)12(8-24)7-20-16/h2-5,7-8,10,20H,6,9H2,1H3,(H,19,25)(H,21,26). The van der Waals surface area contributed by atoms with Gasteiger partial charge in [-0.3, -0.25) is 14.4 Å². The number of carbonyl (C=O) groups is 3. The number of carbonyl (C=O) groups excluding carboxylic acids is 3. The first kappa shape index (κ1) is 18.1. The molecule has 0 atom stereocenters. The molecule has 9 heteroatoms. The summed E-state index contributed by atoms with van der Waals surface area (Å²) in [6.07, 6.45) is 3.40. The monoisotopic (exact) mass is 367 g/mol. The molecule has 0 spiro atoms. The van der Waals surface area contributed by atoms with E-state index in [0.717, 1.165) is 5.56 Å². The molecule has 2 heterocycles. The van der Waals surface area contributed by atoms with Crippen molar-refractivity contribution in [3.8, 4) is 5.75 Å². The number of hydrogen-bond donors (Lipinski definition) is 3. The number of aromatic amines is 1. The van der Waals surface area contributed by atoms with E-state index < -0.39 is 0 Å². The summed E-state index contributed by atoms with van der Waals surface area (Å²) in [7, 11) is 1.54. The van der Waals surface area contributed by atoms with Crippen LogP contribution in [0.4, 0.5) is 0 Å². The third-order valence-electron chi connectivity index (χ3n) is 3.86. The third-order valence-corrected chi connectivity index (χ3v) is 3.86. The first-order valence-corrected chi connectivity index (χ1v) is 8.10. The summed E-state index contributed by atoms with van der Waals surface area (Å²) < 4.78 is 5.32. The largest absolute Gasteiger partial charge is 0.484 e. The molecule has 0 bridgehead atoms. The molecule has 9 nitrogen and oxygen atoms in total. The molecule has 138 valence electrons. The molecule has 27 heavy (non-hydrogen) atoms. The van der Waals surface area contributed by atoms with Crippen molar-refractivity contribution >= 4 is 29.1 Å². The molecule has 3 N–H and O–H groups in total. The number of nitrogens with zero attached hydrogens (tertiary/aromatic N) is 2. The molecular weight excluding hydrogens is 350 g/mol. The van der Waals surface area contributed by atoms with E-state index in [2.05, 4.69) is 25.6 Å². The zero-order chi connectivity index (χ0) is 19.2. The van der Waals surface area contributed by atoms with E-state index in [1.165, 1.54) is 19.6 Å². The minimum Gasteiger partial charge on any atom is -0.484 e. The molecule has 0 aliphatic heterocycles. The fourth-order valence-electron chi connectivity index (χ4n) is 2.41. The first-order valence-electron chi connectivity index (χ1n) is 8.10. The highest BCUT2D eigenvalue weighted by Gasteiger charge is 2.15. The lowest BCUT2D eigenvalue weighted by Crippen LogP contribution is -2.25. The van der Waals surface area contributed by atoms with E-state index in [4.69, 9.17) is 4.74 Å². The Labute approximate surface area is 154 Å². The van der Waals surface area contributed by atoms with Gasteiger partial charge in [0.2, 0.25) is 0 Å². The maximum atomic E-state index is 12.4. The number of hydrogen-bond acceptors (Lipinski definition) is 6. The normalized spacial score (nSPS) is 10.4. The van der Waals surface area contributed by atoms with Gasteiger partial charge in [0.1, 0.15) is 17.6 Å². The predicted octanol–water partition coefficient (Wildman–Crippen LogP) is 0.825. The van der Waals surface area contributed by atoms with Gasteiger partial charge < -0.3 is 20.4 Å². The molecule has 0 saturated carbocycles. The smallest absolute Gasteiger partial charge is 0.272 e. The molecule has 0 unspecified atom stereocenters. The third kappa shape index (κ3) is 4.09. The summed E-state index contributed by atoms with van der Waals surface area (Å²) in [5.41, 5.74) is 2.20. The van der Waals surface area contributed by atoms with Crippen molar-refractivity contribution in [2.24, 2.45) is 0 Å². The topological polar surface area (TPSA) is 126 Å². The molecule has 0 fully saturated rings. The van der Waals surface area contributed by atoms with Gasteiger partial charge in [0, 0.05) is 19.8 Å². The Kier molecular flexibility index (Phi) is 5.41. The van der Waals surface area contributed by atoms with Crippen molar-refractivity contribution in [3.05, 3.63) is 53.6 Å². The number of fused-ring (bicyclic) bond motifs is 1. The van der Waals surface area contributed by atoms with Crippen LogP contribution in [0.5, 0.6) is 5.75 Å². The van der Waals surface area contributed by atoms with Gasteiger partial charge in [-0.25, -0.2) is 9.97 Å². The van der Waals surface area contributed by atoms with Gasteiger partial charge in [0.15, 0.2) is 18.6 Å². The Bertz CT molecular complexity index is 981. The van der Waals surface area contributed by atoms with Crippen LogP contribution < -0.4 is 15.4 Å². The highest BCUT2D eigenvalue weighted by Crippen LogP contribution is 2.17. The summed E-state index contributed by atoms with van der Waals surface area (Å²) in [6, 6.07) is 7.01. The van der Waals surface area contributed by atoms with Gasteiger partial charge in [0.25, 0.3) is 11.8 Å². The van der Waals surface area contributed by atoms with Crippen molar-refractivity contribution in [1.82, 2.24) is 25.6 Å². The average molecular weight is 367 g/mol. The molecule has 0 saturated heterocycles. The van der Waals surface area contributed by atoms with Crippen LogP contribution in [-0.4, -0.2) is 46.7 Å². The lowest BCUT2D eigenvalue weighted by atomic mass is 10.2. The molecule has 3 rings (SSSR count). The number of amides is 2. The highest BCUT2D eigenvalue weighted by molar-refractivity contribution is 6.06. The summed E-state index contributed by atoms with van der Waals surface area (Å²) in [6.45, 7) is 0.219. The second-order valence-electron chi connectivity index (χ2n) is 5.60. The Hall–Kier alpha value is -3.75. The van der Waals surface area contributed by atoms with Crippen LogP contribution >= 0.6 is 0 Å². The van der Waals surface area contributed by atoms with Crippen molar-refractivity contribution in [2.75, 3.05) is 13.7 Å². The number of nitrogens with one attached hydrogen (secondary N) is 3. The molecule has 0 aliphatic rings. The number of aldehydes is 1. The number of ether oxygens (including phenoxy) is 1. The second-order valence-corrected chi connectivity index (χ2v) is 5.60. The number of likely N-dealkylation sites (N-methyl/N-ethyl adjacent to an activating group) is 1. The number of aromatic nitrogens is 3. The van der Waals surface area contributed by atoms with Crippen LogP contribution in [0.3, 0.4) is 0 Å². The molecule has 1 aromatic carbocycles. The van der Waals surface area contributed by atoms with E-state index >= 15 is 0 Å². The zero-order valence-corrected chi connectivity index (χ0v) is 14.5. The molecule has 3 aromatic rings. The van der Waals surface area contributed by atoms with Crippen molar-refractivity contribution in [2.45, 2.75) is 6.54 Å². The minimum absolute atomic E-state index is 0.0603. The lowest BCUT2D eigenvalue weighted by molar-refractivity contribution is -0.122. The molecular formula is C18H17N5O4. The zero-order valence-electron chi connectivity index (χ0n) is 14.5. The van der Waals surface area contributed by atoms with Crippen LogP contribution in [0.2, 0.25) is 0 Å². The lowest BCUT2D eigenvalue weighted by Gasteiger charge is -2.08. The highest BCUT2D eigenvalue weighted by atomic mass is 16.5. The molecule has 2 aromatic heterocycles. The van der Waals surface area contributed by atoms with Crippen LogP contribution in [0, 0.1) is 0 Å². The fraction of sp³-hybridized carbons (Fsp3) is 0.167. The Morgan fingerprint density at radius 3 is 2.70 bits per heavy atom. The van der Waals surface area contributed by atoms with Gasteiger partial charge in [0.05, 0.1) is 11.1 Å². The van der Waals surface area contributed by atoms with E-state index in [-0.39, 0.29) is 30.7 Å². The second kappa shape index (κ2) is 8.09. The summed E-state index contributed by atoms with van der Waals surface area (Å²) in [5, 5.41) is 5.24. The van der Waals surface area contributed by atoms with Crippen LogP contribution in [0.1, 0.15) is 26.4 Å². The van der Waals surface area contributed by atoms with Crippen LogP contribution in [0.15, 0.2) is 36.8 Å². The van der Waals surface area contributed by atoms with Gasteiger partial charge in [-0.1, -0.05) is 12.1 Å². The summed E-state index contributed by atoms with van der Waals surface area (Å²) in [4.78, 5) is 45.5. The Balaban J connectivity index is 1.63. The SMILES string of the molecule is CNC(=O)COc1ccc(CNC(=O)c2ncnc3c(C=O)c[nH]c23)cc1. The minimum atomic E-state index is -0.387. The summed E-state index contributed by atoms with van der Waals surface area (Å²) >= 11 is 0. The first-order chi connectivity index (χ1) is 13.1. The van der Waals surface area contributed by atoms with E-state index in [9.17, 15) is 14.4 Å². The quantitative estimate of drug-likeness (QED) is 0.531. The van der Waals surface area contributed by atoms with E-state index in [1.54, 1.807) is 24.3 Å². The molecule has 2 amide bonds. The van der Waals surface area contributed by atoms with Crippen molar-refractivity contribution in [1.29, 1.82) is 0 Å². The van der Waals surface area contributed by atoms with E-state index in [1.807, 2.05) is 0 Å². The number of rotatable bonds is 7. The van der Waals surface area contributed by atoms with Crippen molar-refractivity contribution in [3.63, 3.8) is 0 Å². The summed E-state index contributed by atoms with van der Waals surface area (Å²) in [5.74, 6) is -0.0508. The molecule has 0 radical (unpaired) electrons. The maximum Gasteiger partial charge on any atom is 0.272 e. The van der Waals surface area contributed by atoms with Gasteiger partial charge >= 0.3 is 0 Å². The number of benzene rings is 1. The Morgan fingerprint density at radius 2 is 2.00 bits per heavy atom.